The molecule has 2 aromatic carbocycles. The number of anilines is 1. The number of methoxy groups -OCH3 is 1. The van der Waals surface area contributed by atoms with Gasteiger partial charge in [-0.15, -0.1) is 0 Å². The Balaban J connectivity index is 1.49. The number of thiocarbonyl (C=S) groups is 1. The van der Waals surface area contributed by atoms with Crippen molar-refractivity contribution in [1.82, 2.24) is 19.4 Å². The van der Waals surface area contributed by atoms with Crippen LogP contribution in [0.25, 0.3) is 0 Å². The molecule has 7 nitrogen and oxygen atoms in total. The summed E-state index contributed by atoms with van der Waals surface area (Å²) >= 11 is 18.2. The van der Waals surface area contributed by atoms with Gasteiger partial charge in [0.2, 0.25) is 0 Å². The third-order valence-corrected chi connectivity index (χ3v) is 6.65. The van der Waals surface area contributed by atoms with Crippen LogP contribution in [0.5, 0.6) is 5.75 Å². The molecule has 0 aliphatic carbocycles. The van der Waals surface area contributed by atoms with Crippen LogP contribution in [0.15, 0.2) is 73.2 Å². The van der Waals surface area contributed by atoms with Crippen LogP contribution >= 0.6 is 35.4 Å². The van der Waals surface area contributed by atoms with Gasteiger partial charge in [0.05, 0.1) is 25.1 Å². The first-order valence-corrected chi connectivity index (χ1v) is 12.6. The molecule has 0 bridgehead atoms. The van der Waals surface area contributed by atoms with Crippen molar-refractivity contribution >= 4 is 46.2 Å². The molecule has 2 aromatic heterocycles. The molecule has 0 radical (unpaired) electrons. The summed E-state index contributed by atoms with van der Waals surface area (Å²) in [6.07, 6.45) is 4.36. The number of aromatic nitrogens is 3. The van der Waals surface area contributed by atoms with Gasteiger partial charge in [-0.05, 0) is 60.2 Å². The molecule has 37 heavy (non-hydrogen) atoms. The largest absolute Gasteiger partial charge is 0.497 e. The van der Waals surface area contributed by atoms with E-state index in [0.717, 1.165) is 28.3 Å². The minimum absolute atomic E-state index is 0.339. The lowest BCUT2D eigenvalue weighted by Crippen LogP contribution is -2.36. The predicted molar refractivity (Wildman–Crippen MR) is 150 cm³/mol. The Morgan fingerprint density at radius 3 is 2.54 bits per heavy atom. The third-order valence-electron chi connectivity index (χ3n) is 5.75. The molecule has 10 heteroatoms. The van der Waals surface area contributed by atoms with Crippen molar-refractivity contribution < 1.29 is 4.74 Å². The highest BCUT2D eigenvalue weighted by molar-refractivity contribution is 7.80. The van der Waals surface area contributed by atoms with Gasteiger partial charge in [0, 0.05) is 49.2 Å². The van der Waals surface area contributed by atoms with Crippen LogP contribution in [0, 0.1) is 11.3 Å². The van der Waals surface area contributed by atoms with Crippen molar-refractivity contribution in [3.05, 3.63) is 106 Å². The average Bonchev–Trinajstić information content (AvgIpc) is 3.35. The molecule has 188 valence electrons. The van der Waals surface area contributed by atoms with E-state index < -0.39 is 0 Å². The zero-order chi connectivity index (χ0) is 26.2. The van der Waals surface area contributed by atoms with Crippen LogP contribution < -0.4 is 10.1 Å². The van der Waals surface area contributed by atoms with Crippen LogP contribution in [0.4, 0.5) is 5.69 Å². The van der Waals surface area contributed by atoms with Crippen molar-refractivity contribution in [3.63, 3.8) is 0 Å². The molecule has 0 saturated heterocycles. The van der Waals surface area contributed by atoms with Crippen LogP contribution in [0.1, 0.15) is 22.4 Å². The van der Waals surface area contributed by atoms with Gasteiger partial charge in [-0.25, -0.2) is 9.97 Å². The summed E-state index contributed by atoms with van der Waals surface area (Å²) in [4.78, 5) is 10.6. The second-order valence-corrected chi connectivity index (χ2v) is 9.37. The zero-order valence-electron chi connectivity index (χ0n) is 20.1. The first kappa shape index (κ1) is 26.4. The maximum atomic E-state index is 9.04. The second-order valence-electron chi connectivity index (χ2n) is 8.24. The van der Waals surface area contributed by atoms with Crippen LogP contribution in [0.2, 0.25) is 10.3 Å². The van der Waals surface area contributed by atoms with Gasteiger partial charge in [-0.1, -0.05) is 41.4 Å². The number of rotatable bonds is 9. The van der Waals surface area contributed by atoms with Gasteiger partial charge < -0.3 is 19.5 Å². The second kappa shape index (κ2) is 12.5. The average molecular weight is 552 g/mol. The monoisotopic (exact) mass is 550 g/mol. The van der Waals surface area contributed by atoms with E-state index in [9.17, 15) is 0 Å². The van der Waals surface area contributed by atoms with E-state index in [-0.39, 0.29) is 0 Å². The summed E-state index contributed by atoms with van der Waals surface area (Å²) < 4.78 is 7.34. The molecule has 0 atom stereocenters. The van der Waals surface area contributed by atoms with E-state index >= 15 is 0 Å². The Morgan fingerprint density at radius 2 is 1.86 bits per heavy atom. The number of nitriles is 1. The van der Waals surface area contributed by atoms with Crippen LogP contribution in [-0.4, -0.2) is 38.2 Å². The molecule has 0 saturated carbocycles. The topological polar surface area (TPSA) is 79.0 Å². The first-order chi connectivity index (χ1) is 17.9. The summed E-state index contributed by atoms with van der Waals surface area (Å²) in [7, 11) is 1.63. The fourth-order valence-corrected chi connectivity index (χ4v) is 4.40. The molecule has 0 fully saturated rings. The minimum atomic E-state index is 0.339. The van der Waals surface area contributed by atoms with Crippen LogP contribution in [0.3, 0.4) is 0 Å². The molecule has 1 N–H and O–H groups in total. The summed E-state index contributed by atoms with van der Waals surface area (Å²) in [5.41, 5.74) is 4.45. The minimum Gasteiger partial charge on any atom is -0.497 e. The fraction of sp³-hybridized carbons (Fsp3) is 0.185. The van der Waals surface area contributed by atoms with Gasteiger partial charge >= 0.3 is 0 Å². The van der Waals surface area contributed by atoms with Crippen LogP contribution in [-0.2, 0) is 19.5 Å². The Labute approximate surface area is 231 Å². The van der Waals surface area contributed by atoms with E-state index in [0.29, 0.717) is 47.0 Å². The summed E-state index contributed by atoms with van der Waals surface area (Å²) in [6.45, 7) is 1.72. The Kier molecular flexibility index (Phi) is 8.96. The van der Waals surface area contributed by atoms with E-state index in [1.165, 1.54) is 0 Å². The van der Waals surface area contributed by atoms with Gasteiger partial charge in [0.15, 0.2) is 5.11 Å². The summed E-state index contributed by atoms with van der Waals surface area (Å²) in [6, 6.07) is 20.8. The third kappa shape index (κ3) is 7.20. The van der Waals surface area contributed by atoms with E-state index in [4.69, 9.17) is 45.4 Å². The molecule has 4 rings (SSSR count). The van der Waals surface area contributed by atoms with Crippen molar-refractivity contribution in [2.75, 3.05) is 19.0 Å². The first-order valence-electron chi connectivity index (χ1n) is 11.4. The van der Waals surface area contributed by atoms with Gasteiger partial charge in [0.1, 0.15) is 16.1 Å². The smallest absolute Gasteiger partial charge is 0.173 e. The standard InChI is InChI=1S/C27H24Cl2N6OS/c1-36-24-9-7-22(8-10-24)32-27(37)34(17-21-6-11-25(28)33-26(21)29)13-12-23-15-31-18-35(23)16-20-4-2-19(14-30)3-5-20/h2-11,15,18H,12-13,16-17H2,1H3,(H,32,37). The molecule has 0 unspecified atom stereocenters. The van der Waals surface area contributed by atoms with Gasteiger partial charge in [-0.3, -0.25) is 0 Å². The molecule has 2 heterocycles. The van der Waals surface area contributed by atoms with Crippen molar-refractivity contribution in [1.29, 1.82) is 5.26 Å². The van der Waals surface area contributed by atoms with Crippen molar-refractivity contribution in [2.45, 2.75) is 19.5 Å². The summed E-state index contributed by atoms with van der Waals surface area (Å²) in [5.74, 6) is 0.767. The normalized spacial score (nSPS) is 10.5. The molecule has 0 aliphatic rings. The number of nitrogens with one attached hydrogen (secondary N) is 1. The lowest BCUT2D eigenvalue weighted by molar-refractivity contribution is 0.414. The highest BCUT2D eigenvalue weighted by Gasteiger charge is 2.15. The highest BCUT2D eigenvalue weighted by Crippen LogP contribution is 2.21. The van der Waals surface area contributed by atoms with E-state index in [2.05, 4.69) is 25.9 Å². The number of nitrogens with zero attached hydrogens (tertiary/aromatic N) is 5. The number of hydrogen-bond acceptors (Lipinski definition) is 5. The lowest BCUT2D eigenvalue weighted by atomic mass is 10.1. The van der Waals surface area contributed by atoms with Gasteiger partial charge in [-0.2, -0.15) is 5.26 Å². The number of benzene rings is 2. The highest BCUT2D eigenvalue weighted by atomic mass is 35.5. The van der Waals surface area contributed by atoms with Gasteiger partial charge in [0.25, 0.3) is 0 Å². The maximum Gasteiger partial charge on any atom is 0.173 e. The SMILES string of the molecule is COc1ccc(NC(=S)N(CCc2cncn2Cc2ccc(C#N)cc2)Cc2ccc(Cl)nc2Cl)cc1. The fourth-order valence-electron chi connectivity index (χ4n) is 3.72. The Morgan fingerprint density at radius 1 is 1.11 bits per heavy atom. The number of imidazole rings is 1. The van der Waals surface area contributed by atoms with Crippen molar-refractivity contribution in [2.24, 2.45) is 0 Å². The summed E-state index contributed by atoms with van der Waals surface area (Å²) in [5, 5.41) is 13.6. The molecule has 0 amide bonds. The molecular weight excluding hydrogens is 527 g/mol. The predicted octanol–water partition coefficient (Wildman–Crippen LogP) is 5.96. The number of halogens is 2. The maximum absolute atomic E-state index is 9.04. The quantitative estimate of drug-likeness (QED) is 0.203. The molecular formula is C27H24Cl2N6OS. The van der Waals surface area contributed by atoms with E-state index in [1.54, 1.807) is 13.2 Å². The number of hydrogen-bond donors (Lipinski definition) is 1. The lowest BCUT2D eigenvalue weighted by Gasteiger charge is -2.26. The Hall–Kier alpha value is -3.64. The number of ether oxygens (including phenoxy) is 1. The zero-order valence-corrected chi connectivity index (χ0v) is 22.4. The van der Waals surface area contributed by atoms with E-state index in [1.807, 2.05) is 72.0 Å². The van der Waals surface area contributed by atoms with Crippen molar-refractivity contribution in [3.8, 4) is 11.8 Å². The number of pyridine rings is 1. The Bertz CT molecular complexity index is 1400. The molecule has 0 spiro atoms. The molecule has 0 aliphatic heterocycles. The molecule has 4 aromatic rings.